The lowest BCUT2D eigenvalue weighted by molar-refractivity contribution is -0.118. The molecule has 0 aliphatic rings. The van der Waals surface area contributed by atoms with Crippen LogP contribution in [0, 0.1) is 0 Å². The van der Waals surface area contributed by atoms with Crippen LogP contribution in [0.4, 0.5) is 0 Å². The van der Waals surface area contributed by atoms with E-state index in [0.29, 0.717) is 16.6 Å². The van der Waals surface area contributed by atoms with Crippen LogP contribution in [0.2, 0.25) is 10.0 Å². The van der Waals surface area contributed by atoms with Crippen molar-refractivity contribution in [2.45, 2.75) is 11.1 Å². The highest BCUT2D eigenvalue weighted by Gasteiger charge is 2.25. The van der Waals surface area contributed by atoms with E-state index in [1.54, 1.807) is 54.6 Å². The first-order valence-electron chi connectivity index (χ1n) is 9.23. The Hall–Kier alpha value is -2.74. The van der Waals surface area contributed by atoms with E-state index < -0.39 is 17.4 Å². The van der Waals surface area contributed by atoms with Crippen molar-refractivity contribution in [3.63, 3.8) is 0 Å². The number of thioether (sulfide) groups is 1. The molecule has 2 aromatic carbocycles. The second-order valence-electron chi connectivity index (χ2n) is 6.53. The van der Waals surface area contributed by atoms with Gasteiger partial charge in [-0.25, -0.2) is 0 Å². The van der Waals surface area contributed by atoms with Gasteiger partial charge in [-0.3, -0.25) is 9.59 Å². The largest absolute Gasteiger partial charge is 0.493 e. The number of hydrogen-bond donors (Lipinski definition) is 3. The Morgan fingerprint density at radius 1 is 1.13 bits per heavy atom. The Labute approximate surface area is 193 Å². The van der Waals surface area contributed by atoms with Gasteiger partial charge in [0.15, 0.2) is 5.16 Å². The summed E-state index contributed by atoms with van der Waals surface area (Å²) in [6, 6.07) is 14.0. The number of H-pyrrole nitrogens is 1. The van der Waals surface area contributed by atoms with Gasteiger partial charge in [0.2, 0.25) is 11.8 Å². The molecule has 0 atom stereocenters. The van der Waals surface area contributed by atoms with Crippen molar-refractivity contribution in [1.82, 2.24) is 15.3 Å². The molecule has 3 aromatic rings. The highest BCUT2D eigenvalue weighted by atomic mass is 35.5. The summed E-state index contributed by atoms with van der Waals surface area (Å²) >= 11 is 13.0. The van der Waals surface area contributed by atoms with Crippen LogP contribution >= 0.6 is 35.0 Å². The van der Waals surface area contributed by atoms with Crippen LogP contribution < -0.4 is 10.9 Å². The van der Waals surface area contributed by atoms with Crippen molar-refractivity contribution >= 4 is 40.9 Å². The number of halogens is 2. The highest BCUT2D eigenvalue weighted by Crippen LogP contribution is 2.35. The summed E-state index contributed by atoms with van der Waals surface area (Å²) in [6.07, 6.45) is 1.57. The van der Waals surface area contributed by atoms with Crippen molar-refractivity contribution in [2.75, 3.05) is 12.3 Å². The fourth-order valence-corrected chi connectivity index (χ4v) is 3.92. The molecule has 1 amide bonds. The van der Waals surface area contributed by atoms with Crippen molar-refractivity contribution in [3.05, 3.63) is 98.3 Å². The number of nitrogens with one attached hydrogen (secondary N) is 2. The molecule has 1 heterocycles. The molecule has 0 unspecified atom stereocenters. The quantitative estimate of drug-likeness (QED) is 0.255. The molecule has 0 saturated heterocycles. The summed E-state index contributed by atoms with van der Waals surface area (Å²) in [7, 11) is 0. The number of amides is 1. The summed E-state index contributed by atoms with van der Waals surface area (Å²) in [5, 5.41) is 14.6. The molecule has 160 valence electrons. The van der Waals surface area contributed by atoms with Gasteiger partial charge in [-0.1, -0.05) is 65.3 Å². The summed E-state index contributed by atoms with van der Waals surface area (Å²) in [4.78, 5) is 31.5. The first kappa shape index (κ1) is 22.9. The van der Waals surface area contributed by atoms with Gasteiger partial charge < -0.3 is 15.4 Å². The van der Waals surface area contributed by atoms with Crippen LogP contribution in [0.25, 0.3) is 0 Å². The van der Waals surface area contributed by atoms with Crippen LogP contribution in [0.1, 0.15) is 22.6 Å². The molecule has 0 fully saturated rings. The second-order valence-corrected chi connectivity index (χ2v) is 8.36. The molecule has 6 nitrogen and oxygen atoms in total. The molecule has 0 aliphatic heterocycles. The van der Waals surface area contributed by atoms with E-state index in [1.807, 2.05) is 0 Å². The number of nitrogens with zero attached hydrogens (tertiary/aromatic N) is 1. The molecule has 31 heavy (non-hydrogen) atoms. The average molecular weight is 476 g/mol. The van der Waals surface area contributed by atoms with Crippen molar-refractivity contribution in [3.8, 4) is 5.88 Å². The first-order chi connectivity index (χ1) is 14.9. The lowest BCUT2D eigenvalue weighted by Gasteiger charge is -2.19. The van der Waals surface area contributed by atoms with Gasteiger partial charge in [-0.15, -0.1) is 6.58 Å². The third-order valence-electron chi connectivity index (χ3n) is 4.39. The highest BCUT2D eigenvalue weighted by molar-refractivity contribution is 7.99. The van der Waals surface area contributed by atoms with Crippen molar-refractivity contribution in [1.29, 1.82) is 0 Å². The van der Waals surface area contributed by atoms with E-state index in [4.69, 9.17) is 23.2 Å². The Morgan fingerprint density at radius 2 is 1.68 bits per heavy atom. The Kier molecular flexibility index (Phi) is 7.79. The van der Waals surface area contributed by atoms with Crippen molar-refractivity contribution in [2.24, 2.45) is 0 Å². The fraction of sp³-hybridized carbons (Fsp3) is 0.136. The van der Waals surface area contributed by atoms with Crippen LogP contribution in [-0.4, -0.2) is 33.3 Å². The number of carbonyl (C=O) groups is 1. The lowest BCUT2D eigenvalue weighted by Crippen LogP contribution is -2.25. The predicted octanol–water partition coefficient (Wildman–Crippen LogP) is 4.36. The van der Waals surface area contributed by atoms with E-state index >= 15 is 0 Å². The van der Waals surface area contributed by atoms with Gasteiger partial charge in [0.05, 0.1) is 11.3 Å². The second kappa shape index (κ2) is 10.5. The number of carbonyl (C=O) groups excluding carboxylic acids is 1. The van der Waals surface area contributed by atoms with Crippen LogP contribution in [0.5, 0.6) is 5.88 Å². The molecule has 1 aromatic heterocycles. The predicted molar refractivity (Wildman–Crippen MR) is 124 cm³/mol. The van der Waals surface area contributed by atoms with Gasteiger partial charge in [0.1, 0.15) is 0 Å². The topological polar surface area (TPSA) is 95.1 Å². The van der Waals surface area contributed by atoms with E-state index in [9.17, 15) is 14.7 Å². The maximum atomic E-state index is 13.0. The minimum absolute atomic E-state index is 0.0351. The van der Waals surface area contributed by atoms with Gasteiger partial charge >= 0.3 is 0 Å². The summed E-state index contributed by atoms with van der Waals surface area (Å²) < 4.78 is 0. The minimum Gasteiger partial charge on any atom is -0.493 e. The van der Waals surface area contributed by atoms with E-state index in [-0.39, 0.29) is 22.4 Å². The van der Waals surface area contributed by atoms with Crippen LogP contribution in [0.3, 0.4) is 0 Å². The number of benzene rings is 2. The monoisotopic (exact) mass is 475 g/mol. The zero-order valence-electron chi connectivity index (χ0n) is 16.3. The number of aromatic hydroxyl groups is 1. The normalized spacial score (nSPS) is 10.8. The zero-order valence-corrected chi connectivity index (χ0v) is 18.6. The summed E-state index contributed by atoms with van der Waals surface area (Å²) in [5.41, 5.74) is 1.08. The fourth-order valence-electron chi connectivity index (χ4n) is 2.99. The molecule has 0 aliphatic carbocycles. The Balaban J connectivity index is 1.98. The lowest BCUT2D eigenvalue weighted by atomic mass is 9.86. The Bertz CT molecular complexity index is 1090. The van der Waals surface area contributed by atoms with Gasteiger partial charge in [-0.05, 0) is 35.4 Å². The molecule has 0 saturated carbocycles. The van der Waals surface area contributed by atoms with Gasteiger partial charge in [0.25, 0.3) is 5.56 Å². The molecule has 9 heteroatoms. The maximum absolute atomic E-state index is 13.0. The number of aromatic amines is 1. The third-order valence-corrected chi connectivity index (χ3v) is 5.77. The summed E-state index contributed by atoms with van der Waals surface area (Å²) in [6.45, 7) is 3.88. The minimum atomic E-state index is -0.597. The van der Waals surface area contributed by atoms with Crippen molar-refractivity contribution < 1.29 is 9.90 Å². The summed E-state index contributed by atoms with van der Waals surface area (Å²) in [5.74, 6) is -1.21. The van der Waals surface area contributed by atoms with E-state index in [2.05, 4.69) is 21.9 Å². The molecule has 3 N–H and O–H groups in total. The third kappa shape index (κ3) is 5.91. The van der Waals surface area contributed by atoms with Crippen LogP contribution in [-0.2, 0) is 4.79 Å². The first-order valence-corrected chi connectivity index (χ1v) is 11.0. The smallest absolute Gasteiger partial charge is 0.259 e. The molecule has 0 spiro atoms. The standard InChI is InChI=1S/C22H19Cl2N3O3S/c1-2-11-25-17(28)12-31-22-26-20(29)19(21(30)27-22)18(13-3-7-15(23)8-4-13)14-5-9-16(24)10-6-14/h2-10,18H,1,11-12H2,(H,25,28)(H2,26,27,29,30). The molecule has 0 radical (unpaired) electrons. The van der Waals surface area contributed by atoms with Gasteiger partial charge in [-0.2, -0.15) is 4.98 Å². The number of aromatic nitrogens is 2. The SMILES string of the molecule is C=CCNC(=O)CSc1nc(O)c(C(c2ccc(Cl)cc2)c2ccc(Cl)cc2)c(=O)[nH]1. The molecular formula is C22H19Cl2N3O3S. The Morgan fingerprint density at radius 3 is 2.16 bits per heavy atom. The number of hydrogen-bond acceptors (Lipinski definition) is 5. The maximum Gasteiger partial charge on any atom is 0.259 e. The van der Waals surface area contributed by atoms with Crippen LogP contribution in [0.15, 0.2) is 71.1 Å². The molecular weight excluding hydrogens is 457 g/mol. The molecule has 0 bridgehead atoms. The van der Waals surface area contributed by atoms with E-state index in [1.165, 1.54) is 0 Å². The average Bonchev–Trinajstić information content (AvgIpc) is 2.75. The number of rotatable bonds is 8. The van der Waals surface area contributed by atoms with E-state index in [0.717, 1.165) is 22.9 Å². The van der Waals surface area contributed by atoms with Gasteiger partial charge in [0, 0.05) is 22.5 Å². The zero-order chi connectivity index (χ0) is 22.4. The molecule has 3 rings (SSSR count).